The Labute approximate surface area is 295 Å². The molecular weight excluding hydrogens is 674 g/mol. The topological polar surface area (TPSA) is 62.7 Å². The van der Waals surface area contributed by atoms with Crippen LogP contribution in [0.2, 0.25) is 0 Å². The van der Waals surface area contributed by atoms with Gasteiger partial charge in [-0.3, -0.25) is 9.97 Å². The van der Waals surface area contributed by atoms with Crippen LogP contribution in [0.4, 0.5) is 0 Å². The van der Waals surface area contributed by atoms with Gasteiger partial charge >= 0.3 is 14.2 Å². The molecule has 6 nitrogen and oxygen atoms in total. The van der Waals surface area contributed by atoms with Crippen LogP contribution in [0.1, 0.15) is 54.2 Å². The molecule has 0 radical (unpaired) electrons. The molecule has 0 N–H and O–H groups in total. The highest BCUT2D eigenvalue weighted by Crippen LogP contribution is 2.48. The predicted octanol–water partition coefficient (Wildman–Crippen LogP) is 8.17. The first-order chi connectivity index (χ1) is 23.3. The molecule has 0 bridgehead atoms. The van der Waals surface area contributed by atoms with E-state index in [1.165, 1.54) is 27.6 Å². The molecule has 4 heterocycles. The van der Waals surface area contributed by atoms with Crippen molar-refractivity contribution in [1.82, 2.24) is 9.97 Å². The molecule has 9 rings (SSSR count). The second-order valence-electron chi connectivity index (χ2n) is 15.4. The number of rotatable bonds is 4. The third-order valence-electron chi connectivity index (χ3n) is 11.6. The summed E-state index contributed by atoms with van der Waals surface area (Å²) in [7, 11) is -0.951. The van der Waals surface area contributed by atoms with Gasteiger partial charge in [-0.05, 0) is 117 Å². The van der Waals surface area contributed by atoms with Crippen LogP contribution in [-0.4, -0.2) is 46.6 Å². The van der Waals surface area contributed by atoms with Gasteiger partial charge < -0.3 is 18.6 Å². The highest BCUT2D eigenvalue weighted by Gasteiger charge is 2.55. The molecule has 2 aromatic heterocycles. The zero-order valence-electron chi connectivity index (χ0n) is 28.9. The zero-order valence-corrected chi connectivity index (χ0v) is 30.4. The molecule has 244 valence electrons. The average Bonchev–Trinajstić information content (AvgIpc) is 3.59. The monoisotopic (exact) mass is 710 g/mol. The third-order valence-corrected chi connectivity index (χ3v) is 12.3. The summed E-state index contributed by atoms with van der Waals surface area (Å²) in [6.07, 6.45) is 2.41. The van der Waals surface area contributed by atoms with Crippen molar-refractivity contribution in [1.29, 1.82) is 0 Å². The van der Waals surface area contributed by atoms with Gasteiger partial charge in [-0.25, -0.2) is 0 Å². The maximum atomic E-state index is 6.97. The van der Waals surface area contributed by atoms with Crippen LogP contribution in [-0.2, 0) is 25.0 Å². The largest absolute Gasteiger partial charge is 0.495 e. The lowest BCUT2D eigenvalue weighted by atomic mass is 9.75. The van der Waals surface area contributed by atoms with E-state index in [1.54, 1.807) is 0 Å². The van der Waals surface area contributed by atoms with Crippen molar-refractivity contribution in [2.75, 3.05) is 0 Å². The lowest BCUT2D eigenvalue weighted by Gasteiger charge is -2.36. The molecule has 0 saturated carbocycles. The summed E-state index contributed by atoms with van der Waals surface area (Å²) < 4.78 is 27.6. The van der Waals surface area contributed by atoms with E-state index in [0.29, 0.717) is 6.42 Å². The van der Waals surface area contributed by atoms with E-state index < -0.39 is 36.6 Å². The van der Waals surface area contributed by atoms with Crippen LogP contribution in [0.3, 0.4) is 0 Å². The van der Waals surface area contributed by atoms with Gasteiger partial charge in [0.1, 0.15) is 0 Å². The highest BCUT2D eigenvalue weighted by atomic mass is 79.9. The van der Waals surface area contributed by atoms with E-state index in [4.69, 9.17) is 23.6 Å². The third kappa shape index (κ3) is 4.63. The number of hydrogen-bond donors (Lipinski definition) is 0. The molecule has 3 aliphatic rings. The second kappa shape index (κ2) is 10.5. The molecule has 1 atom stereocenters. The van der Waals surface area contributed by atoms with E-state index in [9.17, 15) is 0 Å². The maximum Gasteiger partial charge on any atom is 0.495 e. The van der Waals surface area contributed by atoms with Gasteiger partial charge in [-0.1, -0.05) is 70.5 Å². The standard InChI is InChI=1S/C40H37B2BrN2O4/c1-37(2)38(3,4)47-41(46-37)24-13-15-26-28-17-18-32(29-12-8-11-27(34(28)29)31(26)21-24)42-48-39(5,6)40(7,49-42)22-25-14-16-30-33(43)20-23-10-9-19-44-35(23)36(30)45-25/h8-21H,22H2,1-7H3. The molecule has 2 aliphatic heterocycles. The molecule has 0 spiro atoms. The van der Waals surface area contributed by atoms with E-state index in [1.807, 2.05) is 12.3 Å². The molecule has 1 unspecified atom stereocenters. The van der Waals surface area contributed by atoms with Gasteiger partial charge in [-0.15, -0.1) is 0 Å². The molecule has 4 aromatic carbocycles. The summed E-state index contributed by atoms with van der Waals surface area (Å²) in [5.74, 6) is 0. The number of nitrogens with zero attached hydrogens (tertiary/aromatic N) is 2. The number of benzene rings is 4. The van der Waals surface area contributed by atoms with Crippen molar-refractivity contribution >= 4 is 73.7 Å². The lowest BCUT2D eigenvalue weighted by molar-refractivity contribution is -0.00939. The minimum Gasteiger partial charge on any atom is -0.399 e. The molecular formula is C40H37B2BrN2O4. The Morgan fingerprint density at radius 2 is 1.37 bits per heavy atom. The molecule has 0 amide bonds. The fraction of sp³-hybridized carbons (Fsp3) is 0.300. The average molecular weight is 711 g/mol. The minimum atomic E-state index is -0.642. The normalized spacial score (nSPS) is 21.7. The van der Waals surface area contributed by atoms with E-state index in [2.05, 4.69) is 142 Å². The van der Waals surface area contributed by atoms with Gasteiger partial charge in [0.2, 0.25) is 0 Å². The van der Waals surface area contributed by atoms with Crippen molar-refractivity contribution in [2.24, 2.45) is 0 Å². The number of aromatic nitrogens is 2. The van der Waals surface area contributed by atoms with Gasteiger partial charge in [-0.2, -0.15) is 0 Å². The SMILES string of the molecule is CC1(C)OB(c2ccc3c(c2)-c2cccc4c(B5OC(C)(C)C(C)(Cc6ccc7c(Br)cc8cccnc8c7n6)O5)ccc-3c24)OC1(C)C. The van der Waals surface area contributed by atoms with Gasteiger partial charge in [0.05, 0.1) is 33.4 Å². The Kier molecular flexibility index (Phi) is 6.71. The summed E-state index contributed by atoms with van der Waals surface area (Å²) in [4.78, 5) is 9.81. The van der Waals surface area contributed by atoms with Crippen molar-refractivity contribution < 1.29 is 18.6 Å². The van der Waals surface area contributed by atoms with Crippen molar-refractivity contribution in [2.45, 2.75) is 77.3 Å². The van der Waals surface area contributed by atoms with Crippen LogP contribution >= 0.6 is 15.9 Å². The van der Waals surface area contributed by atoms with Crippen molar-refractivity contribution in [3.63, 3.8) is 0 Å². The predicted molar refractivity (Wildman–Crippen MR) is 203 cm³/mol. The Bertz CT molecular complexity index is 2360. The van der Waals surface area contributed by atoms with Crippen LogP contribution in [0, 0.1) is 0 Å². The van der Waals surface area contributed by atoms with Crippen LogP contribution in [0.25, 0.3) is 54.8 Å². The fourth-order valence-corrected chi connectivity index (χ4v) is 8.23. The minimum absolute atomic E-state index is 0.398. The summed E-state index contributed by atoms with van der Waals surface area (Å²) >= 11 is 3.74. The Morgan fingerprint density at radius 3 is 2.16 bits per heavy atom. The summed E-state index contributed by atoms with van der Waals surface area (Å²) in [6, 6.07) is 27.9. The Balaban J connectivity index is 1.06. The first-order valence-corrected chi connectivity index (χ1v) is 17.8. The number of pyridine rings is 2. The van der Waals surface area contributed by atoms with E-state index in [-0.39, 0.29) is 0 Å². The second-order valence-corrected chi connectivity index (χ2v) is 16.3. The quantitative estimate of drug-likeness (QED) is 0.136. The van der Waals surface area contributed by atoms with Crippen LogP contribution in [0.5, 0.6) is 0 Å². The van der Waals surface area contributed by atoms with Gasteiger partial charge in [0, 0.05) is 33.6 Å². The first-order valence-electron chi connectivity index (χ1n) is 17.0. The molecule has 2 fully saturated rings. The van der Waals surface area contributed by atoms with E-state index >= 15 is 0 Å². The van der Waals surface area contributed by atoms with Gasteiger partial charge in [0.25, 0.3) is 0 Å². The summed E-state index contributed by atoms with van der Waals surface area (Å²) in [5.41, 5.74) is 7.58. The molecule has 1 aliphatic carbocycles. The zero-order chi connectivity index (χ0) is 34.1. The van der Waals surface area contributed by atoms with Crippen LogP contribution in [0.15, 0.2) is 89.5 Å². The summed E-state index contributed by atoms with van der Waals surface area (Å²) in [5, 5.41) is 4.45. The maximum absolute atomic E-state index is 6.97. The van der Waals surface area contributed by atoms with E-state index in [0.717, 1.165) is 48.3 Å². The molecule has 6 aromatic rings. The fourth-order valence-electron chi connectivity index (χ4n) is 7.67. The highest BCUT2D eigenvalue weighted by molar-refractivity contribution is 9.10. The summed E-state index contributed by atoms with van der Waals surface area (Å²) in [6.45, 7) is 14.7. The van der Waals surface area contributed by atoms with Crippen molar-refractivity contribution in [3.05, 3.63) is 95.2 Å². The number of fused-ring (bicyclic) bond motifs is 6. The Morgan fingerprint density at radius 1 is 0.633 bits per heavy atom. The lowest BCUT2D eigenvalue weighted by Crippen LogP contribution is -2.46. The molecule has 49 heavy (non-hydrogen) atoms. The molecule has 9 heteroatoms. The van der Waals surface area contributed by atoms with Gasteiger partial charge in [0.15, 0.2) is 0 Å². The number of halogens is 1. The smallest absolute Gasteiger partial charge is 0.399 e. The van der Waals surface area contributed by atoms with Crippen molar-refractivity contribution in [3.8, 4) is 22.3 Å². The first kappa shape index (κ1) is 31.4. The van der Waals surface area contributed by atoms with Crippen LogP contribution < -0.4 is 10.9 Å². The Hall–Kier alpha value is -3.59. The molecule has 2 saturated heterocycles. The number of hydrogen-bond acceptors (Lipinski definition) is 6.